The summed E-state index contributed by atoms with van der Waals surface area (Å²) in [7, 11) is 0. The lowest BCUT2D eigenvalue weighted by atomic mass is 10.2. The van der Waals surface area contributed by atoms with Crippen LogP contribution in [0.2, 0.25) is 5.02 Å². The smallest absolute Gasteiger partial charge is 0.254 e. The summed E-state index contributed by atoms with van der Waals surface area (Å²) < 4.78 is 1.73. The van der Waals surface area contributed by atoms with Gasteiger partial charge >= 0.3 is 0 Å². The van der Waals surface area contributed by atoms with E-state index >= 15 is 0 Å². The number of hydrogen-bond donors (Lipinski definition) is 2. The summed E-state index contributed by atoms with van der Waals surface area (Å²) in [6.07, 6.45) is 5.50. The Morgan fingerprint density at radius 2 is 2.30 bits per heavy atom. The molecule has 0 fully saturated rings. The Labute approximate surface area is 121 Å². The van der Waals surface area contributed by atoms with Crippen molar-refractivity contribution in [2.24, 2.45) is 0 Å². The quantitative estimate of drug-likeness (QED) is 0.803. The van der Waals surface area contributed by atoms with E-state index in [1.165, 1.54) is 6.20 Å². The second kappa shape index (κ2) is 6.33. The Kier molecular flexibility index (Phi) is 4.52. The summed E-state index contributed by atoms with van der Waals surface area (Å²) in [5.74, 6) is -0.0457. The number of aryl methyl sites for hydroxylation is 2. The fraction of sp³-hybridized carbons (Fsp3) is 0.333. The van der Waals surface area contributed by atoms with E-state index in [4.69, 9.17) is 17.3 Å². The second-order valence-corrected chi connectivity index (χ2v) is 4.69. The Hall–Kier alpha value is -2.15. The van der Waals surface area contributed by atoms with Gasteiger partial charge in [0, 0.05) is 25.5 Å². The Balaban J connectivity index is 1.80. The normalized spacial score (nSPS) is 10.5. The molecule has 2 rings (SSSR count). The van der Waals surface area contributed by atoms with Gasteiger partial charge in [-0.3, -0.25) is 9.48 Å². The Morgan fingerprint density at radius 1 is 1.50 bits per heavy atom. The number of hydrogen-bond acceptors (Lipinski definition) is 5. The first-order valence-corrected chi connectivity index (χ1v) is 6.49. The number of nitrogen functional groups attached to an aromatic ring is 1. The van der Waals surface area contributed by atoms with Crippen LogP contribution in [-0.4, -0.2) is 32.2 Å². The fourth-order valence-electron chi connectivity index (χ4n) is 1.71. The summed E-state index contributed by atoms with van der Waals surface area (Å²) in [6, 6.07) is 0. The summed E-state index contributed by atoms with van der Waals surface area (Å²) >= 11 is 5.76. The molecule has 3 N–H and O–H groups in total. The molecule has 0 aliphatic carbocycles. The van der Waals surface area contributed by atoms with E-state index in [0.29, 0.717) is 29.4 Å². The fourth-order valence-corrected chi connectivity index (χ4v) is 1.86. The highest BCUT2D eigenvalue weighted by Crippen LogP contribution is 2.06. The van der Waals surface area contributed by atoms with Crippen LogP contribution in [0, 0.1) is 6.92 Å². The van der Waals surface area contributed by atoms with Gasteiger partial charge in [-0.1, -0.05) is 11.6 Å². The molecule has 0 aromatic carbocycles. The molecule has 0 bridgehead atoms. The lowest BCUT2D eigenvalue weighted by Crippen LogP contribution is -2.26. The third-order valence-electron chi connectivity index (χ3n) is 2.69. The highest BCUT2D eigenvalue weighted by Gasteiger charge is 2.10. The Bertz CT molecular complexity index is 612. The summed E-state index contributed by atoms with van der Waals surface area (Å²) in [5.41, 5.74) is 6.44. The lowest BCUT2D eigenvalue weighted by molar-refractivity contribution is 0.0951. The number of carbonyl (C=O) groups excluding carboxylic acids is 1. The monoisotopic (exact) mass is 294 g/mol. The highest BCUT2D eigenvalue weighted by molar-refractivity contribution is 6.30. The third kappa shape index (κ3) is 3.67. The van der Waals surface area contributed by atoms with Crippen LogP contribution in [0.4, 0.5) is 5.95 Å². The number of nitrogens with one attached hydrogen (secondary N) is 1. The van der Waals surface area contributed by atoms with Crippen molar-refractivity contribution < 1.29 is 4.79 Å². The van der Waals surface area contributed by atoms with Crippen LogP contribution in [0.5, 0.6) is 0 Å². The molecule has 0 radical (unpaired) electrons. The molecule has 2 aromatic heterocycles. The van der Waals surface area contributed by atoms with Gasteiger partial charge in [0.2, 0.25) is 5.95 Å². The maximum atomic E-state index is 11.9. The number of anilines is 1. The van der Waals surface area contributed by atoms with Crippen LogP contribution in [0.25, 0.3) is 0 Å². The largest absolute Gasteiger partial charge is 0.368 e. The predicted molar refractivity (Wildman–Crippen MR) is 75.4 cm³/mol. The summed E-state index contributed by atoms with van der Waals surface area (Å²) in [4.78, 5) is 19.7. The molecular formula is C12H15ClN6O. The van der Waals surface area contributed by atoms with Crippen molar-refractivity contribution in [1.29, 1.82) is 0 Å². The molecule has 2 heterocycles. The minimum Gasteiger partial charge on any atom is -0.368 e. The zero-order valence-corrected chi connectivity index (χ0v) is 11.8. The van der Waals surface area contributed by atoms with Gasteiger partial charge in [0.05, 0.1) is 22.5 Å². The highest BCUT2D eigenvalue weighted by atomic mass is 35.5. The molecule has 0 saturated heterocycles. The van der Waals surface area contributed by atoms with E-state index in [-0.39, 0.29) is 11.9 Å². The number of amides is 1. The van der Waals surface area contributed by atoms with Crippen molar-refractivity contribution in [3.8, 4) is 0 Å². The van der Waals surface area contributed by atoms with Gasteiger partial charge in [0.1, 0.15) is 0 Å². The van der Waals surface area contributed by atoms with Gasteiger partial charge in [0.15, 0.2) is 0 Å². The summed E-state index contributed by atoms with van der Waals surface area (Å²) in [6.45, 7) is 2.93. The molecule has 8 heteroatoms. The first-order chi connectivity index (χ1) is 9.56. The lowest BCUT2D eigenvalue weighted by Gasteiger charge is -2.07. The molecule has 106 valence electrons. The molecule has 0 saturated carbocycles. The first kappa shape index (κ1) is 14.3. The molecule has 0 unspecified atom stereocenters. The second-order valence-electron chi connectivity index (χ2n) is 4.26. The molecule has 0 aliphatic heterocycles. The molecule has 7 nitrogen and oxygen atoms in total. The van der Waals surface area contributed by atoms with Crippen molar-refractivity contribution in [3.05, 3.63) is 34.9 Å². The van der Waals surface area contributed by atoms with Crippen LogP contribution >= 0.6 is 11.6 Å². The number of halogens is 1. The number of carbonyl (C=O) groups is 1. The predicted octanol–water partition coefficient (Wildman–Crippen LogP) is 1.04. The minimum atomic E-state index is -0.207. The topological polar surface area (TPSA) is 98.7 Å². The van der Waals surface area contributed by atoms with Gasteiger partial charge in [-0.2, -0.15) is 5.10 Å². The molecule has 0 spiro atoms. The standard InChI is InChI=1S/C12H15ClN6O/c1-8-10(6-16-12(14)18-8)11(20)15-3-2-4-19-7-9(13)5-17-19/h5-7H,2-4H2,1H3,(H,15,20)(H2,14,16,18). The maximum absolute atomic E-state index is 11.9. The number of nitrogens with two attached hydrogens (primary N) is 1. The average Bonchev–Trinajstić information content (AvgIpc) is 2.80. The van der Waals surface area contributed by atoms with Crippen molar-refractivity contribution in [2.75, 3.05) is 12.3 Å². The van der Waals surface area contributed by atoms with Crippen LogP contribution in [0.3, 0.4) is 0 Å². The molecule has 0 atom stereocenters. The van der Waals surface area contributed by atoms with Gasteiger partial charge < -0.3 is 11.1 Å². The maximum Gasteiger partial charge on any atom is 0.254 e. The van der Waals surface area contributed by atoms with E-state index in [1.807, 2.05) is 0 Å². The van der Waals surface area contributed by atoms with E-state index in [0.717, 1.165) is 6.42 Å². The van der Waals surface area contributed by atoms with Gasteiger partial charge in [-0.25, -0.2) is 9.97 Å². The van der Waals surface area contributed by atoms with Crippen molar-refractivity contribution >= 4 is 23.5 Å². The molecule has 1 amide bonds. The summed E-state index contributed by atoms with van der Waals surface area (Å²) in [5, 5.41) is 7.46. The van der Waals surface area contributed by atoms with Crippen molar-refractivity contribution in [1.82, 2.24) is 25.1 Å². The van der Waals surface area contributed by atoms with E-state index < -0.39 is 0 Å². The first-order valence-electron chi connectivity index (χ1n) is 6.11. The van der Waals surface area contributed by atoms with E-state index in [2.05, 4.69) is 20.4 Å². The Morgan fingerprint density at radius 3 is 2.95 bits per heavy atom. The molecule has 2 aromatic rings. The zero-order valence-electron chi connectivity index (χ0n) is 11.0. The third-order valence-corrected chi connectivity index (χ3v) is 2.89. The van der Waals surface area contributed by atoms with Crippen molar-refractivity contribution in [3.63, 3.8) is 0 Å². The average molecular weight is 295 g/mol. The van der Waals surface area contributed by atoms with Gasteiger partial charge in [-0.05, 0) is 13.3 Å². The van der Waals surface area contributed by atoms with E-state index in [9.17, 15) is 4.79 Å². The zero-order chi connectivity index (χ0) is 14.5. The van der Waals surface area contributed by atoms with Crippen LogP contribution in [0.1, 0.15) is 22.5 Å². The number of rotatable bonds is 5. The van der Waals surface area contributed by atoms with Gasteiger partial charge in [0.25, 0.3) is 5.91 Å². The van der Waals surface area contributed by atoms with Crippen LogP contribution < -0.4 is 11.1 Å². The minimum absolute atomic E-state index is 0.162. The van der Waals surface area contributed by atoms with Crippen LogP contribution in [0.15, 0.2) is 18.6 Å². The van der Waals surface area contributed by atoms with Crippen LogP contribution in [-0.2, 0) is 6.54 Å². The number of aromatic nitrogens is 4. The van der Waals surface area contributed by atoms with E-state index in [1.54, 1.807) is 24.0 Å². The molecule has 20 heavy (non-hydrogen) atoms. The SMILES string of the molecule is Cc1nc(N)ncc1C(=O)NCCCn1cc(Cl)cn1. The van der Waals surface area contributed by atoms with Gasteiger partial charge in [-0.15, -0.1) is 0 Å². The molecule has 0 aliphatic rings. The van der Waals surface area contributed by atoms with Crippen molar-refractivity contribution in [2.45, 2.75) is 19.9 Å². The number of nitrogens with zero attached hydrogens (tertiary/aromatic N) is 4. The molecular weight excluding hydrogens is 280 g/mol.